The molecule has 1 saturated carbocycles. The smallest absolute Gasteiger partial charge is 0.322 e. The average Bonchev–Trinajstić information content (AvgIpc) is 3.15. The third-order valence-electron chi connectivity index (χ3n) is 2.97. The van der Waals surface area contributed by atoms with Gasteiger partial charge in [0.1, 0.15) is 6.04 Å². The van der Waals surface area contributed by atoms with E-state index in [-0.39, 0.29) is 18.2 Å². The fraction of sp³-hybridized carbons (Fsp3) is 0.417. The summed E-state index contributed by atoms with van der Waals surface area (Å²) in [6, 6.07) is 2.31. The van der Waals surface area contributed by atoms with Crippen LogP contribution in [-0.4, -0.2) is 41.8 Å². The number of hydrogen-bond donors (Lipinski definition) is 5. The van der Waals surface area contributed by atoms with E-state index >= 15 is 0 Å². The van der Waals surface area contributed by atoms with Gasteiger partial charge < -0.3 is 15.3 Å². The molecule has 1 aliphatic carbocycles. The van der Waals surface area contributed by atoms with Crippen molar-refractivity contribution in [1.29, 1.82) is 0 Å². The lowest BCUT2D eigenvalue weighted by molar-refractivity contribution is -0.138. The van der Waals surface area contributed by atoms with E-state index in [4.69, 9.17) is 5.11 Å². The summed E-state index contributed by atoms with van der Waals surface area (Å²) in [4.78, 5) is 11.2. The highest BCUT2D eigenvalue weighted by Gasteiger charge is 2.30. The zero-order valence-corrected chi connectivity index (χ0v) is 11.8. The Hall–Kier alpha value is -1.84. The molecular formula is C12H16N2O6S. The zero-order valence-electron chi connectivity index (χ0n) is 11.0. The summed E-state index contributed by atoms with van der Waals surface area (Å²) in [5.41, 5.74) is 0.381. The molecule has 1 aromatic rings. The van der Waals surface area contributed by atoms with Crippen LogP contribution >= 0.6 is 0 Å². The van der Waals surface area contributed by atoms with Crippen LogP contribution < -0.4 is 9.44 Å². The summed E-state index contributed by atoms with van der Waals surface area (Å²) >= 11 is 0. The molecule has 0 aromatic heterocycles. The second-order valence-electron chi connectivity index (χ2n) is 4.93. The van der Waals surface area contributed by atoms with Crippen LogP contribution in [0.4, 0.5) is 0 Å². The number of benzene rings is 1. The Balaban J connectivity index is 2.07. The first-order valence-electron chi connectivity index (χ1n) is 6.30. The number of aliphatic carboxylic acids is 1. The molecule has 2 rings (SSSR count). The second-order valence-corrected chi connectivity index (χ2v) is 6.41. The lowest BCUT2D eigenvalue weighted by Gasteiger charge is -2.15. The second kappa shape index (κ2) is 5.88. The Labute approximate surface area is 121 Å². The molecule has 116 valence electrons. The van der Waals surface area contributed by atoms with E-state index in [0.29, 0.717) is 5.56 Å². The highest BCUT2D eigenvalue weighted by Crippen LogP contribution is 2.25. The number of nitrogens with one attached hydrogen (secondary N) is 2. The molecule has 1 aliphatic rings. The van der Waals surface area contributed by atoms with E-state index in [2.05, 4.69) is 9.44 Å². The number of carboxylic acid groups (broad SMARTS) is 1. The van der Waals surface area contributed by atoms with Crippen LogP contribution in [0.5, 0.6) is 11.5 Å². The summed E-state index contributed by atoms with van der Waals surface area (Å²) in [6.45, 7) is 0. The third-order valence-corrected chi connectivity index (χ3v) is 4.21. The minimum absolute atomic E-state index is 0.130. The molecule has 1 fully saturated rings. The van der Waals surface area contributed by atoms with Crippen LogP contribution in [0, 0.1) is 0 Å². The molecule has 0 unspecified atom stereocenters. The number of carbonyl (C=O) groups is 1. The van der Waals surface area contributed by atoms with Crippen molar-refractivity contribution in [2.75, 3.05) is 0 Å². The van der Waals surface area contributed by atoms with Crippen molar-refractivity contribution in [1.82, 2.24) is 9.44 Å². The van der Waals surface area contributed by atoms with Gasteiger partial charge in [-0.2, -0.15) is 17.9 Å². The monoisotopic (exact) mass is 316 g/mol. The number of phenols is 2. The number of aromatic hydroxyl groups is 2. The number of carboxylic acids is 1. The molecule has 0 aliphatic heterocycles. The molecular weight excluding hydrogens is 300 g/mol. The molecule has 0 spiro atoms. The van der Waals surface area contributed by atoms with Crippen LogP contribution in [0.1, 0.15) is 18.4 Å². The van der Waals surface area contributed by atoms with Crippen LogP contribution in [0.2, 0.25) is 0 Å². The van der Waals surface area contributed by atoms with Gasteiger partial charge in [-0.15, -0.1) is 0 Å². The first kappa shape index (κ1) is 15.5. The van der Waals surface area contributed by atoms with Gasteiger partial charge in [0.25, 0.3) is 10.2 Å². The van der Waals surface area contributed by atoms with Crippen molar-refractivity contribution in [3.8, 4) is 11.5 Å². The maximum atomic E-state index is 11.7. The SMILES string of the molecule is O=C(O)[C@H](Cc1ccc(O)c(O)c1)NS(=O)(=O)NC1CC1. The van der Waals surface area contributed by atoms with E-state index in [1.807, 2.05) is 0 Å². The molecule has 0 bridgehead atoms. The maximum absolute atomic E-state index is 11.7. The molecule has 8 nitrogen and oxygen atoms in total. The Morgan fingerprint density at radius 2 is 1.95 bits per heavy atom. The highest BCUT2D eigenvalue weighted by molar-refractivity contribution is 7.87. The largest absolute Gasteiger partial charge is 0.504 e. The van der Waals surface area contributed by atoms with E-state index in [0.717, 1.165) is 12.8 Å². The van der Waals surface area contributed by atoms with Crippen molar-refractivity contribution < 1.29 is 28.5 Å². The van der Waals surface area contributed by atoms with E-state index in [1.165, 1.54) is 18.2 Å². The van der Waals surface area contributed by atoms with Crippen molar-refractivity contribution >= 4 is 16.2 Å². The average molecular weight is 316 g/mol. The Morgan fingerprint density at radius 1 is 1.29 bits per heavy atom. The molecule has 9 heteroatoms. The quantitative estimate of drug-likeness (QED) is 0.437. The molecule has 1 atom stereocenters. The standard InChI is InChI=1S/C12H16N2O6S/c15-10-4-1-7(6-11(10)16)5-9(12(17)18)14-21(19,20)13-8-2-3-8/h1,4,6,8-9,13-16H,2-3,5H2,(H,17,18)/t9-/m0/s1. The molecule has 1 aromatic carbocycles. The highest BCUT2D eigenvalue weighted by atomic mass is 32.2. The summed E-state index contributed by atoms with van der Waals surface area (Å²) < 4.78 is 27.9. The van der Waals surface area contributed by atoms with Crippen molar-refractivity contribution in [2.24, 2.45) is 0 Å². The summed E-state index contributed by atoms with van der Waals surface area (Å²) in [5, 5.41) is 27.7. The van der Waals surface area contributed by atoms with Gasteiger partial charge in [0.05, 0.1) is 0 Å². The van der Waals surface area contributed by atoms with Gasteiger partial charge in [-0.25, -0.2) is 0 Å². The van der Waals surface area contributed by atoms with Crippen molar-refractivity contribution in [2.45, 2.75) is 31.3 Å². The molecule has 5 N–H and O–H groups in total. The normalized spacial score (nSPS) is 16.6. The molecule has 0 radical (unpaired) electrons. The lowest BCUT2D eigenvalue weighted by atomic mass is 10.1. The number of phenolic OH excluding ortho intramolecular Hbond substituents is 2. The topological polar surface area (TPSA) is 136 Å². The maximum Gasteiger partial charge on any atom is 0.322 e. The molecule has 0 heterocycles. The van der Waals surface area contributed by atoms with Gasteiger partial charge in [0.15, 0.2) is 11.5 Å². The van der Waals surface area contributed by atoms with Crippen LogP contribution in [0.15, 0.2) is 18.2 Å². The lowest BCUT2D eigenvalue weighted by Crippen LogP contribution is -2.48. The first-order valence-corrected chi connectivity index (χ1v) is 7.78. The van der Waals surface area contributed by atoms with Crippen LogP contribution in [-0.2, 0) is 21.4 Å². The van der Waals surface area contributed by atoms with Crippen LogP contribution in [0.25, 0.3) is 0 Å². The van der Waals surface area contributed by atoms with E-state index in [1.54, 1.807) is 0 Å². The Bertz CT molecular complexity index is 641. The van der Waals surface area contributed by atoms with Crippen molar-refractivity contribution in [3.05, 3.63) is 23.8 Å². The Kier molecular flexibility index (Phi) is 4.35. The Morgan fingerprint density at radius 3 is 2.48 bits per heavy atom. The van der Waals surface area contributed by atoms with Gasteiger partial charge in [0, 0.05) is 6.04 Å². The zero-order chi connectivity index (χ0) is 15.6. The fourth-order valence-corrected chi connectivity index (χ4v) is 3.05. The molecule has 0 saturated heterocycles. The minimum atomic E-state index is -3.89. The van der Waals surface area contributed by atoms with Crippen molar-refractivity contribution in [3.63, 3.8) is 0 Å². The van der Waals surface area contributed by atoms with Gasteiger partial charge in [-0.3, -0.25) is 4.79 Å². The van der Waals surface area contributed by atoms with Crippen LogP contribution in [0.3, 0.4) is 0 Å². The summed E-state index contributed by atoms with van der Waals surface area (Å²) in [5.74, 6) is -2.05. The predicted octanol–water partition coefficient (Wildman–Crippen LogP) is -0.320. The van der Waals surface area contributed by atoms with Gasteiger partial charge in [-0.1, -0.05) is 6.07 Å². The number of hydrogen-bond acceptors (Lipinski definition) is 5. The van der Waals surface area contributed by atoms with E-state index in [9.17, 15) is 23.4 Å². The first-order chi connectivity index (χ1) is 9.77. The van der Waals surface area contributed by atoms with Gasteiger partial charge in [-0.05, 0) is 37.0 Å². The molecule has 0 amide bonds. The summed E-state index contributed by atoms with van der Waals surface area (Å²) in [7, 11) is -3.89. The fourth-order valence-electron chi connectivity index (χ4n) is 1.75. The summed E-state index contributed by atoms with van der Waals surface area (Å²) in [6.07, 6.45) is 1.32. The van der Waals surface area contributed by atoms with Gasteiger partial charge >= 0.3 is 5.97 Å². The number of rotatable bonds is 7. The van der Waals surface area contributed by atoms with E-state index < -0.39 is 28.0 Å². The molecule has 21 heavy (non-hydrogen) atoms. The minimum Gasteiger partial charge on any atom is -0.504 e. The third kappa shape index (κ3) is 4.59. The van der Waals surface area contributed by atoms with Gasteiger partial charge in [0.2, 0.25) is 0 Å². The predicted molar refractivity (Wildman–Crippen MR) is 73.1 cm³/mol.